The number of benzene rings is 2. The molecule has 0 bridgehead atoms. The van der Waals surface area contributed by atoms with Crippen LogP contribution in [-0.2, 0) is 21.1 Å². The van der Waals surface area contributed by atoms with Crippen LogP contribution in [0.1, 0.15) is 65.1 Å². The fourth-order valence-electron chi connectivity index (χ4n) is 4.58. The van der Waals surface area contributed by atoms with Crippen molar-refractivity contribution in [2.75, 3.05) is 12.4 Å². The predicted molar refractivity (Wildman–Crippen MR) is 122 cm³/mol. The van der Waals surface area contributed by atoms with E-state index in [-0.39, 0.29) is 16.8 Å². The number of hydrogen-bond acceptors (Lipinski definition) is 4. The summed E-state index contributed by atoms with van der Waals surface area (Å²) in [6, 6.07) is 6.86. The molecule has 2 aromatic carbocycles. The van der Waals surface area contributed by atoms with Gasteiger partial charge in [0.15, 0.2) is 0 Å². The molecule has 1 N–H and O–H groups in total. The Morgan fingerprint density at radius 3 is 2.47 bits per heavy atom. The van der Waals surface area contributed by atoms with Crippen LogP contribution in [0.15, 0.2) is 48.8 Å². The molecule has 2 saturated carbocycles. The number of carbonyl (C=O) groups is 2. The Hall–Kier alpha value is -3.69. The maximum absolute atomic E-state index is 14.6. The number of halogens is 4. The van der Waals surface area contributed by atoms with Crippen molar-refractivity contribution in [2.24, 2.45) is 0 Å². The zero-order chi connectivity index (χ0) is 25.7. The third-order valence-electron chi connectivity index (χ3n) is 7.08. The second-order valence-corrected chi connectivity index (χ2v) is 9.30. The first-order chi connectivity index (χ1) is 17.1. The minimum absolute atomic E-state index is 0.0853. The molecule has 0 unspecified atom stereocenters. The van der Waals surface area contributed by atoms with Gasteiger partial charge in [0.25, 0.3) is 0 Å². The molecule has 2 aliphatic rings. The van der Waals surface area contributed by atoms with Gasteiger partial charge in [-0.1, -0.05) is 12.5 Å². The Labute approximate surface area is 204 Å². The van der Waals surface area contributed by atoms with E-state index in [1.807, 2.05) is 6.20 Å². The van der Waals surface area contributed by atoms with E-state index >= 15 is 0 Å². The lowest BCUT2D eigenvalue weighted by Gasteiger charge is -2.23. The summed E-state index contributed by atoms with van der Waals surface area (Å²) in [4.78, 5) is 25.6. The molecule has 6 nitrogen and oxygen atoms in total. The molecule has 36 heavy (non-hydrogen) atoms. The molecular formula is C26H23F4N3O3. The van der Waals surface area contributed by atoms with Crippen LogP contribution in [0.5, 0.6) is 0 Å². The lowest BCUT2D eigenvalue weighted by atomic mass is 9.81. The van der Waals surface area contributed by atoms with Gasteiger partial charge in [-0.25, -0.2) is 13.9 Å². The number of aromatic nitrogens is 2. The molecule has 1 heterocycles. The number of ether oxygens (including phenoxy) is 1. The van der Waals surface area contributed by atoms with E-state index in [2.05, 4.69) is 10.4 Å². The Morgan fingerprint density at radius 2 is 1.89 bits per heavy atom. The SMILES string of the molecule is COC(=O)c1cc(NC(=O)C2(c3ccc(C(F)(F)F)cc3F)CC2)ccc1-n1cc(C2CCC2)cn1. The fourth-order valence-corrected chi connectivity index (χ4v) is 4.58. The maximum atomic E-state index is 14.6. The monoisotopic (exact) mass is 501 g/mol. The average Bonchev–Trinajstić information content (AvgIpc) is 3.48. The van der Waals surface area contributed by atoms with Crippen molar-refractivity contribution in [2.45, 2.75) is 49.6 Å². The summed E-state index contributed by atoms with van der Waals surface area (Å²) < 4.78 is 59.9. The fraction of sp³-hybridized carbons (Fsp3) is 0.346. The molecule has 10 heteroatoms. The van der Waals surface area contributed by atoms with Crippen molar-refractivity contribution in [3.63, 3.8) is 0 Å². The van der Waals surface area contributed by atoms with Gasteiger partial charge in [0.05, 0.1) is 35.5 Å². The molecule has 0 saturated heterocycles. The number of carbonyl (C=O) groups excluding carboxylic acids is 2. The molecule has 5 rings (SSSR count). The maximum Gasteiger partial charge on any atom is 0.416 e. The van der Waals surface area contributed by atoms with Crippen molar-refractivity contribution >= 4 is 17.6 Å². The normalized spacial score (nSPS) is 16.8. The quantitative estimate of drug-likeness (QED) is 0.345. The summed E-state index contributed by atoms with van der Waals surface area (Å²) in [6.07, 6.45) is 2.92. The number of amides is 1. The molecule has 0 atom stereocenters. The van der Waals surface area contributed by atoms with Gasteiger partial charge in [0, 0.05) is 17.4 Å². The van der Waals surface area contributed by atoms with Gasteiger partial charge in [-0.15, -0.1) is 0 Å². The molecule has 1 aromatic heterocycles. The van der Waals surface area contributed by atoms with Crippen LogP contribution < -0.4 is 5.32 Å². The van der Waals surface area contributed by atoms with Gasteiger partial charge in [0.1, 0.15) is 5.82 Å². The molecule has 0 radical (unpaired) electrons. The molecule has 0 aliphatic heterocycles. The van der Waals surface area contributed by atoms with Gasteiger partial charge >= 0.3 is 12.1 Å². The zero-order valence-corrected chi connectivity index (χ0v) is 19.4. The Kier molecular flexibility index (Phi) is 5.84. The molecule has 0 spiro atoms. The number of nitrogens with zero attached hydrogens (tertiary/aromatic N) is 2. The van der Waals surface area contributed by atoms with Crippen LogP contribution >= 0.6 is 0 Å². The minimum Gasteiger partial charge on any atom is -0.465 e. The molecule has 2 fully saturated rings. The van der Waals surface area contributed by atoms with E-state index in [0.717, 1.165) is 30.5 Å². The lowest BCUT2D eigenvalue weighted by Crippen LogP contribution is -2.29. The molecule has 3 aromatic rings. The standard InChI is InChI=1S/C26H23F4N3O3/c1-36-23(34)19-12-18(6-8-22(19)33-14-16(13-31-33)15-3-2-4-15)32-24(35)25(9-10-25)20-7-5-17(11-21(20)27)26(28,29)30/h5-8,11-15H,2-4,9-10H2,1H3,(H,32,35). The van der Waals surface area contributed by atoms with Crippen molar-refractivity contribution in [1.29, 1.82) is 0 Å². The van der Waals surface area contributed by atoms with E-state index in [4.69, 9.17) is 4.74 Å². The van der Waals surface area contributed by atoms with E-state index in [0.29, 0.717) is 30.5 Å². The third-order valence-corrected chi connectivity index (χ3v) is 7.08. The first kappa shape index (κ1) is 24.0. The number of alkyl halides is 3. The summed E-state index contributed by atoms with van der Waals surface area (Å²) in [5.41, 5.74) is -0.463. The van der Waals surface area contributed by atoms with Crippen LogP contribution in [0.4, 0.5) is 23.2 Å². The smallest absolute Gasteiger partial charge is 0.416 e. The second-order valence-electron chi connectivity index (χ2n) is 9.30. The highest BCUT2D eigenvalue weighted by Crippen LogP contribution is 2.50. The third kappa shape index (κ3) is 4.25. The van der Waals surface area contributed by atoms with Gasteiger partial charge in [-0.3, -0.25) is 4.79 Å². The number of rotatable bonds is 6. The highest BCUT2D eigenvalue weighted by molar-refractivity contribution is 6.03. The number of anilines is 1. The van der Waals surface area contributed by atoms with Crippen LogP contribution in [0.3, 0.4) is 0 Å². The number of methoxy groups -OCH3 is 1. The molecular weight excluding hydrogens is 478 g/mol. The van der Waals surface area contributed by atoms with Gasteiger partial charge in [-0.05, 0) is 67.5 Å². The largest absolute Gasteiger partial charge is 0.465 e. The summed E-state index contributed by atoms with van der Waals surface area (Å²) >= 11 is 0. The first-order valence-electron chi connectivity index (χ1n) is 11.6. The molecule has 1 amide bonds. The van der Waals surface area contributed by atoms with E-state index in [1.165, 1.54) is 19.6 Å². The topological polar surface area (TPSA) is 73.2 Å². The Morgan fingerprint density at radius 1 is 1.14 bits per heavy atom. The molecule has 188 valence electrons. The summed E-state index contributed by atoms with van der Waals surface area (Å²) in [5, 5.41) is 7.07. The summed E-state index contributed by atoms with van der Waals surface area (Å²) in [7, 11) is 1.24. The van der Waals surface area contributed by atoms with Crippen molar-refractivity contribution in [3.05, 3.63) is 76.9 Å². The number of nitrogens with one attached hydrogen (secondary N) is 1. The van der Waals surface area contributed by atoms with Crippen LogP contribution in [-0.4, -0.2) is 28.8 Å². The Bertz CT molecular complexity index is 1340. The minimum atomic E-state index is -4.68. The zero-order valence-electron chi connectivity index (χ0n) is 19.4. The second kappa shape index (κ2) is 8.76. The summed E-state index contributed by atoms with van der Waals surface area (Å²) in [6.45, 7) is 0. The van der Waals surface area contributed by atoms with E-state index < -0.39 is 34.8 Å². The van der Waals surface area contributed by atoms with Gasteiger partial charge < -0.3 is 10.1 Å². The van der Waals surface area contributed by atoms with Gasteiger partial charge in [-0.2, -0.15) is 18.3 Å². The highest BCUT2D eigenvalue weighted by atomic mass is 19.4. The summed E-state index contributed by atoms with van der Waals surface area (Å²) in [5.74, 6) is -1.81. The first-order valence-corrected chi connectivity index (χ1v) is 11.6. The van der Waals surface area contributed by atoms with E-state index in [9.17, 15) is 27.2 Å². The Balaban J connectivity index is 1.41. The van der Waals surface area contributed by atoms with Crippen LogP contribution in [0.2, 0.25) is 0 Å². The average molecular weight is 501 g/mol. The highest BCUT2D eigenvalue weighted by Gasteiger charge is 2.53. The van der Waals surface area contributed by atoms with E-state index in [1.54, 1.807) is 23.0 Å². The van der Waals surface area contributed by atoms with Gasteiger partial charge in [0.2, 0.25) is 5.91 Å². The van der Waals surface area contributed by atoms with Crippen LogP contribution in [0.25, 0.3) is 5.69 Å². The predicted octanol–water partition coefficient (Wildman–Crippen LogP) is 5.75. The lowest BCUT2D eigenvalue weighted by molar-refractivity contribution is -0.137. The van der Waals surface area contributed by atoms with Crippen molar-refractivity contribution in [1.82, 2.24) is 9.78 Å². The van der Waals surface area contributed by atoms with Crippen molar-refractivity contribution < 1.29 is 31.9 Å². The number of esters is 1. The molecule has 2 aliphatic carbocycles. The number of hydrogen-bond donors (Lipinski definition) is 1. The van der Waals surface area contributed by atoms with Crippen LogP contribution in [0, 0.1) is 5.82 Å². The van der Waals surface area contributed by atoms with Crippen molar-refractivity contribution in [3.8, 4) is 5.69 Å².